The Morgan fingerprint density at radius 1 is 1.03 bits per heavy atom. The summed E-state index contributed by atoms with van der Waals surface area (Å²) >= 11 is 1.43. The van der Waals surface area contributed by atoms with E-state index in [1.165, 1.54) is 17.5 Å². The Bertz CT molecular complexity index is 1110. The lowest BCUT2D eigenvalue weighted by molar-refractivity contribution is -0.113. The number of nitrogens with zero attached hydrogens (tertiary/aromatic N) is 2. The molecule has 0 aliphatic heterocycles. The molecule has 166 valence electrons. The molecule has 0 saturated carbocycles. The van der Waals surface area contributed by atoms with Crippen LogP contribution in [0.15, 0.2) is 59.8 Å². The number of rotatable bonds is 7. The van der Waals surface area contributed by atoms with Gasteiger partial charge in [0.2, 0.25) is 5.91 Å². The van der Waals surface area contributed by atoms with Crippen molar-refractivity contribution in [2.24, 2.45) is 0 Å². The van der Waals surface area contributed by atoms with Crippen LogP contribution in [0.4, 0.5) is 5.69 Å². The summed E-state index contributed by atoms with van der Waals surface area (Å²) < 4.78 is 2.19. The molecule has 0 radical (unpaired) electrons. The van der Waals surface area contributed by atoms with Crippen LogP contribution >= 0.6 is 11.8 Å². The summed E-state index contributed by atoms with van der Waals surface area (Å²) in [6.45, 7) is 3.81. The molecule has 1 aromatic heterocycles. The first-order chi connectivity index (χ1) is 15.5. The van der Waals surface area contributed by atoms with Crippen LogP contribution in [0, 0.1) is 0 Å². The van der Waals surface area contributed by atoms with Gasteiger partial charge in [0.05, 0.1) is 22.7 Å². The van der Waals surface area contributed by atoms with Crippen LogP contribution in [0.2, 0.25) is 0 Å². The van der Waals surface area contributed by atoms with Gasteiger partial charge in [-0.1, -0.05) is 42.1 Å². The first kappa shape index (κ1) is 22.1. The van der Waals surface area contributed by atoms with E-state index in [1.54, 1.807) is 18.2 Å². The third-order valence-corrected chi connectivity index (χ3v) is 6.25. The topological polar surface area (TPSA) is 76.0 Å². The van der Waals surface area contributed by atoms with Gasteiger partial charge >= 0.3 is 0 Å². The second kappa shape index (κ2) is 10.0. The van der Waals surface area contributed by atoms with Gasteiger partial charge in [0.25, 0.3) is 5.91 Å². The minimum atomic E-state index is -0.198. The normalized spacial score (nSPS) is 13.0. The number of aromatic nitrogens is 2. The number of para-hydroxylation sites is 2. The second-order valence-electron chi connectivity index (χ2n) is 8.18. The van der Waals surface area contributed by atoms with Gasteiger partial charge in [-0.25, -0.2) is 4.98 Å². The van der Waals surface area contributed by atoms with Gasteiger partial charge in [-0.3, -0.25) is 14.2 Å². The molecule has 0 bridgehead atoms. The maximum atomic E-state index is 12.8. The number of nitrogens with one attached hydrogen (secondary N) is 2. The third kappa shape index (κ3) is 5.05. The molecule has 0 spiro atoms. The molecule has 0 saturated heterocycles. The molecule has 1 aliphatic carbocycles. The van der Waals surface area contributed by atoms with E-state index in [9.17, 15) is 9.59 Å². The summed E-state index contributed by atoms with van der Waals surface area (Å²) in [5.41, 5.74) is 4.43. The van der Waals surface area contributed by atoms with Crippen molar-refractivity contribution in [2.45, 2.75) is 50.7 Å². The molecule has 2 aromatic carbocycles. The number of carbonyl (C=O) groups is 2. The first-order valence-electron chi connectivity index (χ1n) is 11.0. The van der Waals surface area contributed by atoms with E-state index < -0.39 is 0 Å². The quantitative estimate of drug-likeness (QED) is 0.517. The molecule has 0 fully saturated rings. The third-order valence-electron chi connectivity index (χ3n) is 5.31. The Labute approximate surface area is 192 Å². The molecular formula is C25H28N4O2S. The Hall–Kier alpha value is -3.06. The Kier molecular flexibility index (Phi) is 6.95. The van der Waals surface area contributed by atoms with Crippen molar-refractivity contribution in [1.82, 2.24) is 14.9 Å². The number of hydrogen-bond acceptors (Lipinski definition) is 4. The minimum absolute atomic E-state index is 0.0182. The number of aryl methyl sites for hydroxylation is 1. The van der Waals surface area contributed by atoms with Crippen LogP contribution in [0.3, 0.4) is 0 Å². The van der Waals surface area contributed by atoms with Crippen molar-refractivity contribution in [3.05, 3.63) is 71.5 Å². The van der Waals surface area contributed by atoms with Crippen LogP contribution in [0.25, 0.3) is 5.69 Å². The van der Waals surface area contributed by atoms with Gasteiger partial charge in [-0.15, -0.1) is 0 Å². The molecule has 2 N–H and O–H groups in total. The van der Waals surface area contributed by atoms with Crippen molar-refractivity contribution in [2.75, 3.05) is 11.1 Å². The van der Waals surface area contributed by atoms with Crippen molar-refractivity contribution in [1.29, 1.82) is 0 Å². The van der Waals surface area contributed by atoms with Crippen molar-refractivity contribution >= 4 is 29.3 Å². The molecule has 32 heavy (non-hydrogen) atoms. The fraction of sp³-hybridized carbons (Fsp3) is 0.320. The highest BCUT2D eigenvalue weighted by molar-refractivity contribution is 7.99. The Morgan fingerprint density at radius 3 is 2.53 bits per heavy atom. The van der Waals surface area contributed by atoms with Gasteiger partial charge in [-0.05, 0) is 63.8 Å². The van der Waals surface area contributed by atoms with Crippen molar-refractivity contribution in [3.63, 3.8) is 0 Å². The zero-order chi connectivity index (χ0) is 22.5. The average molecular weight is 449 g/mol. The van der Waals surface area contributed by atoms with Gasteiger partial charge in [0.15, 0.2) is 5.16 Å². The predicted molar refractivity (Wildman–Crippen MR) is 129 cm³/mol. The van der Waals surface area contributed by atoms with E-state index in [4.69, 9.17) is 4.98 Å². The van der Waals surface area contributed by atoms with Crippen LogP contribution in [0.5, 0.6) is 0 Å². The Balaban J connectivity index is 1.50. The summed E-state index contributed by atoms with van der Waals surface area (Å²) in [5.74, 6) is -0.153. The summed E-state index contributed by atoms with van der Waals surface area (Å²) in [4.78, 5) is 30.1. The lowest BCUT2D eigenvalue weighted by Gasteiger charge is -2.15. The van der Waals surface area contributed by atoms with Gasteiger partial charge in [0, 0.05) is 17.4 Å². The van der Waals surface area contributed by atoms with E-state index in [2.05, 4.69) is 27.3 Å². The molecular weight excluding hydrogens is 420 g/mol. The zero-order valence-corrected chi connectivity index (χ0v) is 19.2. The van der Waals surface area contributed by atoms with Crippen LogP contribution in [-0.2, 0) is 17.6 Å². The summed E-state index contributed by atoms with van der Waals surface area (Å²) in [6, 6.07) is 17.3. The monoisotopic (exact) mass is 448 g/mol. The minimum Gasteiger partial charge on any atom is -0.350 e. The number of hydrogen-bond donors (Lipinski definition) is 2. The number of imidazole rings is 1. The van der Waals surface area contributed by atoms with Crippen molar-refractivity contribution in [3.8, 4) is 5.69 Å². The maximum Gasteiger partial charge on any atom is 0.253 e. The zero-order valence-electron chi connectivity index (χ0n) is 18.4. The van der Waals surface area contributed by atoms with E-state index >= 15 is 0 Å². The molecule has 6 nitrogen and oxygen atoms in total. The van der Waals surface area contributed by atoms with E-state index in [0.717, 1.165) is 42.2 Å². The highest BCUT2D eigenvalue weighted by Gasteiger charge is 2.22. The SMILES string of the molecule is CC(C)NC(=O)c1ccccc1NC(=O)CSc1nc2c(n1-c1ccccc1)CCCC2. The van der Waals surface area contributed by atoms with E-state index in [0.29, 0.717) is 11.3 Å². The van der Waals surface area contributed by atoms with Crippen LogP contribution in [-0.4, -0.2) is 33.2 Å². The van der Waals surface area contributed by atoms with Gasteiger partial charge in [-0.2, -0.15) is 0 Å². The summed E-state index contributed by atoms with van der Waals surface area (Å²) in [5, 5.41) is 6.61. The number of carbonyl (C=O) groups excluding carboxylic acids is 2. The van der Waals surface area contributed by atoms with Gasteiger partial charge in [0.1, 0.15) is 0 Å². The molecule has 7 heteroatoms. The maximum absolute atomic E-state index is 12.8. The molecule has 3 aromatic rings. The van der Waals surface area contributed by atoms with E-state index in [-0.39, 0.29) is 23.6 Å². The lowest BCUT2D eigenvalue weighted by Crippen LogP contribution is -2.31. The standard InChI is InChI=1S/C25H28N4O2S/c1-17(2)26-24(31)19-12-6-7-13-20(19)27-23(30)16-32-25-28-21-14-8-9-15-22(21)29(25)18-10-4-3-5-11-18/h3-7,10-13,17H,8-9,14-16H2,1-2H3,(H,26,31)(H,27,30). The number of anilines is 1. The van der Waals surface area contributed by atoms with Crippen LogP contribution in [0.1, 0.15) is 48.4 Å². The highest BCUT2D eigenvalue weighted by Crippen LogP contribution is 2.30. The average Bonchev–Trinajstić information content (AvgIpc) is 3.16. The largest absolute Gasteiger partial charge is 0.350 e. The lowest BCUT2D eigenvalue weighted by atomic mass is 10.0. The fourth-order valence-corrected chi connectivity index (χ4v) is 4.75. The van der Waals surface area contributed by atoms with Crippen LogP contribution < -0.4 is 10.6 Å². The number of fused-ring (bicyclic) bond motifs is 1. The summed E-state index contributed by atoms with van der Waals surface area (Å²) in [7, 11) is 0. The molecule has 0 unspecified atom stereocenters. The molecule has 0 atom stereocenters. The molecule has 1 heterocycles. The predicted octanol–water partition coefficient (Wildman–Crippen LogP) is 4.62. The molecule has 2 amide bonds. The fourth-order valence-electron chi connectivity index (χ4n) is 3.90. The van der Waals surface area contributed by atoms with E-state index in [1.807, 2.05) is 38.1 Å². The summed E-state index contributed by atoms with van der Waals surface area (Å²) in [6.07, 6.45) is 4.29. The van der Waals surface area contributed by atoms with Gasteiger partial charge < -0.3 is 10.6 Å². The van der Waals surface area contributed by atoms with Crippen molar-refractivity contribution < 1.29 is 9.59 Å². The Morgan fingerprint density at radius 2 is 1.75 bits per heavy atom. The number of thioether (sulfide) groups is 1. The highest BCUT2D eigenvalue weighted by atomic mass is 32.2. The second-order valence-corrected chi connectivity index (χ2v) is 9.12. The number of benzene rings is 2. The smallest absolute Gasteiger partial charge is 0.253 e. The number of amides is 2. The molecule has 1 aliphatic rings. The first-order valence-corrected chi connectivity index (χ1v) is 12.0. The molecule has 4 rings (SSSR count).